The van der Waals surface area contributed by atoms with Crippen LogP contribution in [0.15, 0.2) is 12.4 Å². The summed E-state index contributed by atoms with van der Waals surface area (Å²) in [6.45, 7) is 3.52. The van der Waals surface area contributed by atoms with Crippen LogP contribution >= 0.6 is 0 Å². The number of hydrogen-bond donors (Lipinski definition) is 0. The highest BCUT2D eigenvalue weighted by molar-refractivity contribution is 5.94. The predicted molar refractivity (Wildman–Crippen MR) is 85.1 cm³/mol. The first-order chi connectivity index (χ1) is 11.2. The van der Waals surface area contributed by atoms with Gasteiger partial charge in [-0.25, -0.2) is 0 Å². The van der Waals surface area contributed by atoms with E-state index in [1.807, 2.05) is 15.8 Å². The SMILES string of the molecule is Cc1c2c(nc3c1CN(C(=O)c1cnn(C4CC4)c1)C3)CCC2. The summed E-state index contributed by atoms with van der Waals surface area (Å²) in [4.78, 5) is 19.5. The number of aromatic nitrogens is 3. The number of pyridine rings is 1. The van der Waals surface area contributed by atoms with Gasteiger partial charge in [-0.1, -0.05) is 0 Å². The van der Waals surface area contributed by atoms with Crippen LogP contribution in [-0.4, -0.2) is 25.6 Å². The third-order valence-corrected chi connectivity index (χ3v) is 5.46. The second-order valence-corrected chi connectivity index (χ2v) is 7.04. The fourth-order valence-electron chi connectivity index (χ4n) is 3.97. The van der Waals surface area contributed by atoms with Crippen LogP contribution < -0.4 is 0 Å². The van der Waals surface area contributed by atoms with Crippen molar-refractivity contribution in [3.05, 3.63) is 46.0 Å². The topological polar surface area (TPSA) is 51.0 Å². The number of carbonyl (C=O) groups excluding carboxylic acids is 1. The minimum absolute atomic E-state index is 0.0782. The van der Waals surface area contributed by atoms with E-state index in [-0.39, 0.29) is 5.91 Å². The molecule has 0 aromatic carbocycles. The molecule has 0 radical (unpaired) electrons. The smallest absolute Gasteiger partial charge is 0.257 e. The van der Waals surface area contributed by atoms with Gasteiger partial charge in [-0.3, -0.25) is 14.5 Å². The molecule has 1 aliphatic heterocycles. The summed E-state index contributed by atoms with van der Waals surface area (Å²) in [5.41, 5.74) is 7.14. The summed E-state index contributed by atoms with van der Waals surface area (Å²) in [7, 11) is 0. The molecule has 0 bridgehead atoms. The summed E-state index contributed by atoms with van der Waals surface area (Å²) in [6, 6.07) is 0.513. The average molecular weight is 308 g/mol. The van der Waals surface area contributed by atoms with Crippen LogP contribution in [0.2, 0.25) is 0 Å². The summed E-state index contributed by atoms with van der Waals surface area (Å²) < 4.78 is 1.94. The molecule has 5 rings (SSSR count). The molecule has 118 valence electrons. The third kappa shape index (κ3) is 2.02. The van der Waals surface area contributed by atoms with Gasteiger partial charge in [-0.15, -0.1) is 0 Å². The van der Waals surface area contributed by atoms with E-state index in [4.69, 9.17) is 4.98 Å². The minimum atomic E-state index is 0.0782. The molecule has 2 aromatic rings. The van der Waals surface area contributed by atoms with Crippen molar-refractivity contribution in [3.8, 4) is 0 Å². The van der Waals surface area contributed by atoms with Crippen LogP contribution in [-0.2, 0) is 25.9 Å². The fourth-order valence-corrected chi connectivity index (χ4v) is 3.97. The molecule has 0 N–H and O–H groups in total. The molecule has 1 amide bonds. The van der Waals surface area contributed by atoms with Gasteiger partial charge in [0.25, 0.3) is 5.91 Å². The second-order valence-electron chi connectivity index (χ2n) is 7.04. The number of rotatable bonds is 2. The van der Waals surface area contributed by atoms with Gasteiger partial charge < -0.3 is 4.90 Å². The molecule has 2 aliphatic carbocycles. The lowest BCUT2D eigenvalue weighted by atomic mass is 10.0. The highest BCUT2D eigenvalue weighted by atomic mass is 16.2. The summed E-state index contributed by atoms with van der Waals surface area (Å²) in [6.07, 6.45) is 9.43. The molecule has 1 fully saturated rings. The van der Waals surface area contributed by atoms with Crippen LogP contribution in [0, 0.1) is 6.92 Å². The molecule has 3 aliphatic rings. The lowest BCUT2D eigenvalue weighted by molar-refractivity contribution is 0.0750. The van der Waals surface area contributed by atoms with Crippen LogP contribution in [0.3, 0.4) is 0 Å². The largest absolute Gasteiger partial charge is 0.328 e. The van der Waals surface area contributed by atoms with Crippen molar-refractivity contribution in [2.45, 2.75) is 58.2 Å². The number of aryl methyl sites for hydroxylation is 1. The summed E-state index contributed by atoms with van der Waals surface area (Å²) in [5, 5.41) is 4.34. The Hall–Kier alpha value is -2.17. The van der Waals surface area contributed by atoms with Gasteiger partial charge in [0.1, 0.15) is 0 Å². The maximum atomic E-state index is 12.8. The molecule has 0 saturated heterocycles. The standard InChI is InChI=1S/C18H20N4O/c1-11-14-3-2-4-16(14)20-17-10-21(9-15(11)17)18(23)12-7-19-22(8-12)13-5-6-13/h7-8,13H,2-6,9-10H2,1H3. The molecule has 0 atom stereocenters. The van der Waals surface area contributed by atoms with Gasteiger partial charge in [0, 0.05) is 18.4 Å². The van der Waals surface area contributed by atoms with Gasteiger partial charge in [0.05, 0.1) is 30.0 Å². The van der Waals surface area contributed by atoms with E-state index in [1.54, 1.807) is 6.20 Å². The molecule has 2 aromatic heterocycles. The zero-order valence-electron chi connectivity index (χ0n) is 13.4. The fraction of sp³-hybridized carbons (Fsp3) is 0.500. The van der Waals surface area contributed by atoms with Gasteiger partial charge in [0.2, 0.25) is 0 Å². The summed E-state index contributed by atoms with van der Waals surface area (Å²) in [5.74, 6) is 0.0782. The molecule has 0 spiro atoms. The van der Waals surface area contributed by atoms with Gasteiger partial charge in [0.15, 0.2) is 0 Å². The third-order valence-electron chi connectivity index (χ3n) is 5.46. The second kappa shape index (κ2) is 4.66. The van der Waals surface area contributed by atoms with Crippen molar-refractivity contribution in [1.29, 1.82) is 0 Å². The lowest BCUT2D eigenvalue weighted by Gasteiger charge is -2.13. The van der Waals surface area contributed by atoms with Crippen LogP contribution in [0.5, 0.6) is 0 Å². The Kier molecular flexibility index (Phi) is 2.69. The number of hydrogen-bond acceptors (Lipinski definition) is 3. The van der Waals surface area contributed by atoms with E-state index >= 15 is 0 Å². The monoisotopic (exact) mass is 308 g/mol. The Bertz CT molecular complexity index is 819. The van der Waals surface area contributed by atoms with Crippen LogP contribution in [0.1, 0.15) is 63.7 Å². The van der Waals surface area contributed by atoms with Crippen molar-refractivity contribution >= 4 is 5.91 Å². The van der Waals surface area contributed by atoms with E-state index in [2.05, 4.69) is 12.0 Å². The number of amides is 1. The Morgan fingerprint density at radius 1 is 1.17 bits per heavy atom. The van der Waals surface area contributed by atoms with E-state index < -0.39 is 0 Å². The minimum Gasteiger partial charge on any atom is -0.328 e. The lowest BCUT2D eigenvalue weighted by Crippen LogP contribution is -2.25. The number of nitrogens with zero attached hydrogens (tertiary/aromatic N) is 4. The Morgan fingerprint density at radius 2 is 2.04 bits per heavy atom. The van der Waals surface area contributed by atoms with E-state index in [9.17, 15) is 4.79 Å². The van der Waals surface area contributed by atoms with E-state index in [0.717, 1.165) is 18.5 Å². The quantitative estimate of drug-likeness (QED) is 0.857. The molecule has 23 heavy (non-hydrogen) atoms. The van der Waals surface area contributed by atoms with Gasteiger partial charge in [-0.05, 0) is 55.7 Å². The van der Waals surface area contributed by atoms with Crippen molar-refractivity contribution in [3.63, 3.8) is 0 Å². The van der Waals surface area contributed by atoms with Crippen molar-refractivity contribution < 1.29 is 4.79 Å². The zero-order chi connectivity index (χ0) is 15.6. The zero-order valence-corrected chi connectivity index (χ0v) is 13.4. The predicted octanol–water partition coefficient (Wildman–Crippen LogP) is 2.57. The van der Waals surface area contributed by atoms with Crippen LogP contribution in [0.25, 0.3) is 0 Å². The highest BCUT2D eigenvalue weighted by Gasteiger charge is 2.31. The first kappa shape index (κ1) is 13.3. The summed E-state index contributed by atoms with van der Waals surface area (Å²) >= 11 is 0. The molecule has 1 saturated carbocycles. The molecule has 5 nitrogen and oxygen atoms in total. The Morgan fingerprint density at radius 3 is 2.87 bits per heavy atom. The highest BCUT2D eigenvalue weighted by Crippen LogP contribution is 2.35. The Labute approximate surface area is 135 Å². The number of fused-ring (bicyclic) bond motifs is 2. The number of carbonyl (C=O) groups is 1. The molecule has 0 unspecified atom stereocenters. The molecular formula is C18H20N4O. The van der Waals surface area contributed by atoms with Gasteiger partial charge >= 0.3 is 0 Å². The average Bonchev–Trinajstić information content (AvgIpc) is 3.00. The first-order valence-corrected chi connectivity index (χ1v) is 8.54. The Balaban J connectivity index is 1.42. The van der Waals surface area contributed by atoms with Gasteiger partial charge in [-0.2, -0.15) is 5.10 Å². The van der Waals surface area contributed by atoms with E-state index in [1.165, 1.54) is 41.6 Å². The maximum absolute atomic E-state index is 12.8. The van der Waals surface area contributed by atoms with Crippen molar-refractivity contribution in [2.24, 2.45) is 0 Å². The molecular weight excluding hydrogens is 288 g/mol. The van der Waals surface area contributed by atoms with Crippen LogP contribution in [0.4, 0.5) is 0 Å². The van der Waals surface area contributed by atoms with Crippen molar-refractivity contribution in [1.82, 2.24) is 19.7 Å². The molecule has 5 heteroatoms. The first-order valence-electron chi connectivity index (χ1n) is 8.54. The van der Waals surface area contributed by atoms with E-state index in [0.29, 0.717) is 24.7 Å². The maximum Gasteiger partial charge on any atom is 0.257 e. The normalized spacial score (nSPS) is 19.1. The van der Waals surface area contributed by atoms with Crippen molar-refractivity contribution in [2.75, 3.05) is 0 Å². The molecule has 3 heterocycles.